The van der Waals surface area contributed by atoms with Gasteiger partial charge in [-0.1, -0.05) is 30.3 Å². The first kappa shape index (κ1) is 25.0. The summed E-state index contributed by atoms with van der Waals surface area (Å²) in [5, 5.41) is 53.3. The monoisotopic (exact) mass is 489 g/mol. The quantitative estimate of drug-likeness (QED) is 0.266. The molecule has 2 heterocycles. The normalized spacial score (nSPS) is 29.9. The Balaban J connectivity index is 1.32. The second-order valence-corrected chi connectivity index (χ2v) is 8.52. The number of phenols is 1. The minimum Gasteiger partial charge on any atom is -0.508 e. The molecule has 2 aromatic carbocycles. The van der Waals surface area contributed by atoms with E-state index in [0.29, 0.717) is 12.1 Å². The number of para-hydroxylation sites is 1. The van der Waals surface area contributed by atoms with Crippen LogP contribution in [0.25, 0.3) is 0 Å². The Kier molecular flexibility index (Phi) is 7.36. The summed E-state index contributed by atoms with van der Waals surface area (Å²) >= 11 is 0. The van der Waals surface area contributed by atoms with Crippen LogP contribution in [0.15, 0.2) is 48.5 Å². The van der Waals surface area contributed by atoms with Gasteiger partial charge in [-0.25, -0.2) is 0 Å². The van der Waals surface area contributed by atoms with Crippen LogP contribution in [0.2, 0.25) is 0 Å². The Morgan fingerprint density at radius 3 is 2.49 bits per heavy atom. The lowest BCUT2D eigenvalue weighted by Crippen LogP contribution is -2.59. The van der Waals surface area contributed by atoms with Crippen LogP contribution >= 0.6 is 0 Å². The Labute approximate surface area is 200 Å². The van der Waals surface area contributed by atoms with Gasteiger partial charge in [0.15, 0.2) is 11.9 Å². The molecule has 0 unspecified atom stereocenters. The second kappa shape index (κ2) is 10.3. The molecule has 1 amide bonds. The lowest BCUT2D eigenvalue weighted by atomic mass is 9.92. The van der Waals surface area contributed by atoms with Gasteiger partial charge in [-0.3, -0.25) is 9.59 Å². The number of anilines is 1. The van der Waals surface area contributed by atoms with Crippen molar-refractivity contribution < 1.29 is 49.3 Å². The number of phenolic OH excluding ortho intramolecular Hbond substituents is 1. The van der Waals surface area contributed by atoms with E-state index in [1.54, 1.807) is 30.3 Å². The fourth-order valence-corrected chi connectivity index (χ4v) is 4.06. The molecule has 1 saturated heterocycles. The van der Waals surface area contributed by atoms with E-state index in [2.05, 4.69) is 5.32 Å². The zero-order valence-corrected chi connectivity index (χ0v) is 18.6. The van der Waals surface area contributed by atoms with Crippen LogP contribution in [0.3, 0.4) is 0 Å². The molecule has 6 atom stereocenters. The first-order valence-corrected chi connectivity index (χ1v) is 11.1. The number of rotatable bonds is 8. The number of carbonyl (C=O) groups is 2. The topological polar surface area (TPSA) is 175 Å². The third-order valence-corrected chi connectivity index (χ3v) is 6.08. The lowest BCUT2D eigenvalue weighted by Gasteiger charge is -2.40. The maximum Gasteiger partial charge on any atom is 0.309 e. The van der Waals surface area contributed by atoms with E-state index in [9.17, 15) is 35.1 Å². The zero-order chi connectivity index (χ0) is 25.2. The van der Waals surface area contributed by atoms with Crippen LogP contribution in [0.4, 0.5) is 5.69 Å². The van der Waals surface area contributed by atoms with Gasteiger partial charge >= 0.3 is 5.97 Å². The van der Waals surface area contributed by atoms with E-state index in [4.69, 9.17) is 14.2 Å². The molecule has 0 bridgehead atoms. The number of ether oxygens (including phenoxy) is 3. The molecule has 2 aliphatic heterocycles. The molecule has 1 fully saturated rings. The lowest BCUT2D eigenvalue weighted by molar-refractivity contribution is -0.301. The van der Waals surface area contributed by atoms with E-state index in [1.807, 2.05) is 0 Å². The number of hydrogen-bond donors (Lipinski definition) is 6. The molecular formula is C24H27NO10. The van der Waals surface area contributed by atoms with Crippen molar-refractivity contribution >= 4 is 17.6 Å². The van der Waals surface area contributed by atoms with E-state index in [0.717, 1.165) is 5.56 Å². The predicted octanol–water partition coefficient (Wildman–Crippen LogP) is -0.468. The predicted molar refractivity (Wildman–Crippen MR) is 119 cm³/mol. The molecule has 0 spiro atoms. The maximum absolute atomic E-state index is 12.4. The van der Waals surface area contributed by atoms with Crippen LogP contribution in [0, 0.1) is 0 Å². The molecule has 0 radical (unpaired) electrons. The van der Waals surface area contributed by atoms with Gasteiger partial charge in [0.1, 0.15) is 36.8 Å². The molecule has 6 N–H and O–H groups in total. The number of hydrogen-bond acceptors (Lipinski definition) is 10. The fourth-order valence-electron chi connectivity index (χ4n) is 4.06. The van der Waals surface area contributed by atoms with Gasteiger partial charge in [0.25, 0.3) is 5.91 Å². The van der Waals surface area contributed by atoms with Crippen molar-refractivity contribution in [3.63, 3.8) is 0 Å². The summed E-state index contributed by atoms with van der Waals surface area (Å²) in [6.07, 6.45) is -7.52. The molecule has 2 aliphatic rings. The van der Waals surface area contributed by atoms with Crippen molar-refractivity contribution in [2.45, 2.75) is 49.1 Å². The summed E-state index contributed by atoms with van der Waals surface area (Å²) < 4.78 is 16.2. The minimum atomic E-state index is -2.10. The van der Waals surface area contributed by atoms with Crippen molar-refractivity contribution in [3.05, 3.63) is 59.7 Å². The number of carbonyl (C=O) groups excluding carboxylic acids is 2. The van der Waals surface area contributed by atoms with Gasteiger partial charge in [0.2, 0.25) is 0 Å². The molecule has 35 heavy (non-hydrogen) atoms. The van der Waals surface area contributed by atoms with Gasteiger partial charge in [-0.15, -0.1) is 0 Å². The van der Waals surface area contributed by atoms with Gasteiger partial charge in [0, 0.05) is 11.3 Å². The molecule has 0 aliphatic carbocycles. The zero-order valence-electron chi connectivity index (χ0n) is 18.6. The molecule has 4 rings (SSSR count). The van der Waals surface area contributed by atoms with Crippen LogP contribution in [-0.4, -0.2) is 81.3 Å². The number of benzene rings is 2. The number of amides is 1. The smallest absolute Gasteiger partial charge is 0.309 e. The van der Waals surface area contributed by atoms with Crippen molar-refractivity contribution in [2.24, 2.45) is 0 Å². The largest absolute Gasteiger partial charge is 0.508 e. The number of nitrogens with one attached hydrogen (secondary N) is 1. The van der Waals surface area contributed by atoms with E-state index in [1.165, 1.54) is 18.2 Å². The average molecular weight is 489 g/mol. The Bertz CT molecular complexity index is 1060. The van der Waals surface area contributed by atoms with Crippen LogP contribution in [0.5, 0.6) is 5.75 Å². The number of esters is 1. The average Bonchev–Trinajstić information content (AvgIpc) is 3.09. The second-order valence-electron chi connectivity index (χ2n) is 8.52. The summed E-state index contributed by atoms with van der Waals surface area (Å²) in [5.41, 5.74) is -0.607. The third-order valence-electron chi connectivity index (χ3n) is 6.08. The van der Waals surface area contributed by atoms with Crippen molar-refractivity contribution in [2.75, 3.05) is 18.5 Å². The van der Waals surface area contributed by atoms with E-state index >= 15 is 0 Å². The van der Waals surface area contributed by atoms with Crippen LogP contribution in [-0.2, 0) is 35.8 Å². The molecule has 11 heteroatoms. The Morgan fingerprint density at radius 2 is 1.74 bits per heavy atom. The van der Waals surface area contributed by atoms with Crippen molar-refractivity contribution in [1.82, 2.24) is 0 Å². The Hall–Kier alpha value is -3.06. The van der Waals surface area contributed by atoms with E-state index in [-0.39, 0.29) is 17.9 Å². The standard InChI is InChI=1S/C24H27NO10/c26-14-7-5-13(6-8-14)9-10-33-22-21(30)20(29)19(28)17(35-22)12-34-18(27)11-24(32)15-3-1-2-4-16(15)25-23(24)31/h1-8,17,19-22,26,28-30,32H,9-12H2,(H,25,31)/t17-,19-,20+,21-,22-,24+/m1/s1. The summed E-state index contributed by atoms with van der Waals surface area (Å²) in [5.74, 6) is -1.56. The summed E-state index contributed by atoms with van der Waals surface area (Å²) in [7, 11) is 0. The first-order valence-electron chi connectivity index (χ1n) is 11.1. The highest BCUT2D eigenvalue weighted by atomic mass is 16.7. The summed E-state index contributed by atoms with van der Waals surface area (Å²) in [6.45, 7) is -0.412. The molecular weight excluding hydrogens is 462 g/mol. The Morgan fingerprint density at radius 1 is 1.03 bits per heavy atom. The van der Waals surface area contributed by atoms with Gasteiger partial charge < -0.3 is 45.1 Å². The van der Waals surface area contributed by atoms with Gasteiger partial charge in [-0.05, 0) is 30.2 Å². The van der Waals surface area contributed by atoms with Crippen LogP contribution in [0.1, 0.15) is 17.5 Å². The first-order chi connectivity index (χ1) is 16.7. The van der Waals surface area contributed by atoms with E-state index < -0.39 is 61.2 Å². The number of aliphatic hydroxyl groups is 4. The number of aliphatic hydroxyl groups excluding tert-OH is 3. The van der Waals surface area contributed by atoms with Gasteiger partial charge in [0.05, 0.1) is 13.0 Å². The highest BCUT2D eigenvalue weighted by Crippen LogP contribution is 2.38. The third kappa shape index (κ3) is 5.30. The molecule has 2 aromatic rings. The fraction of sp³-hybridized carbons (Fsp3) is 0.417. The highest BCUT2D eigenvalue weighted by molar-refractivity contribution is 6.06. The van der Waals surface area contributed by atoms with Crippen molar-refractivity contribution in [3.8, 4) is 5.75 Å². The summed E-state index contributed by atoms with van der Waals surface area (Å²) in [4.78, 5) is 24.7. The molecule has 188 valence electrons. The SMILES string of the molecule is O=C(C[C@@]1(O)C(=O)Nc2ccccc21)OC[C@H]1O[C@@H](OCCc2ccc(O)cc2)[C@H](O)[C@@H](O)[C@@H]1O. The minimum absolute atomic E-state index is 0.101. The highest BCUT2D eigenvalue weighted by Gasteiger charge is 2.48. The molecule has 11 nitrogen and oxygen atoms in total. The van der Waals surface area contributed by atoms with Crippen LogP contribution < -0.4 is 5.32 Å². The molecule has 0 aromatic heterocycles. The van der Waals surface area contributed by atoms with Crippen molar-refractivity contribution in [1.29, 1.82) is 0 Å². The summed E-state index contributed by atoms with van der Waals surface area (Å²) in [6, 6.07) is 12.9. The van der Waals surface area contributed by atoms with Gasteiger partial charge in [-0.2, -0.15) is 0 Å². The number of fused-ring (bicyclic) bond motifs is 1. The number of aromatic hydroxyl groups is 1. The maximum atomic E-state index is 12.4. The molecule has 0 saturated carbocycles.